The molecule has 2 heterocycles. The molecule has 0 radical (unpaired) electrons. The predicted octanol–water partition coefficient (Wildman–Crippen LogP) is 1.32. The van der Waals surface area contributed by atoms with Crippen molar-refractivity contribution in [2.24, 2.45) is 5.73 Å². The number of hydrogen-bond acceptors (Lipinski definition) is 4. The maximum absolute atomic E-state index is 5.91. The Balaban J connectivity index is 2.06. The van der Waals surface area contributed by atoms with Gasteiger partial charge in [0.05, 0.1) is 22.8 Å². The van der Waals surface area contributed by atoms with E-state index in [1.165, 1.54) is 0 Å². The molecule has 1 aromatic rings. The van der Waals surface area contributed by atoms with Gasteiger partial charge in [-0.1, -0.05) is 0 Å². The summed E-state index contributed by atoms with van der Waals surface area (Å²) in [6, 6.07) is 0.387. The monoisotopic (exact) mass is 234 g/mol. The SMILES string of the molecule is Cc1nc(C)c(CN2CCC(N)CC2)nc1C. The van der Waals surface area contributed by atoms with Gasteiger partial charge in [0.2, 0.25) is 0 Å². The average Bonchev–Trinajstić information content (AvgIpc) is 2.29. The summed E-state index contributed by atoms with van der Waals surface area (Å²) in [5, 5.41) is 0. The highest BCUT2D eigenvalue weighted by molar-refractivity contribution is 5.17. The van der Waals surface area contributed by atoms with Gasteiger partial charge in [-0.05, 0) is 33.6 Å². The molecule has 4 nitrogen and oxygen atoms in total. The summed E-state index contributed by atoms with van der Waals surface area (Å²) in [5.41, 5.74) is 10.2. The van der Waals surface area contributed by atoms with Gasteiger partial charge in [-0.3, -0.25) is 14.9 Å². The molecule has 0 unspecified atom stereocenters. The third-order valence-electron chi connectivity index (χ3n) is 3.58. The molecule has 1 fully saturated rings. The van der Waals surface area contributed by atoms with Crippen LogP contribution in [0, 0.1) is 20.8 Å². The summed E-state index contributed by atoms with van der Waals surface area (Å²) < 4.78 is 0. The molecule has 1 saturated heterocycles. The number of aromatic nitrogens is 2. The summed E-state index contributed by atoms with van der Waals surface area (Å²) in [6.45, 7) is 9.15. The minimum Gasteiger partial charge on any atom is -0.328 e. The molecule has 0 bridgehead atoms. The van der Waals surface area contributed by atoms with Crippen molar-refractivity contribution in [1.82, 2.24) is 14.9 Å². The number of piperidine rings is 1. The molecule has 2 rings (SSSR count). The molecule has 0 saturated carbocycles. The molecule has 0 spiro atoms. The fourth-order valence-electron chi connectivity index (χ4n) is 2.23. The minimum absolute atomic E-state index is 0.387. The molecular formula is C13H22N4. The normalized spacial score (nSPS) is 18.6. The van der Waals surface area contributed by atoms with Crippen molar-refractivity contribution in [2.45, 2.75) is 46.2 Å². The highest BCUT2D eigenvalue weighted by Gasteiger charge is 2.17. The second kappa shape index (κ2) is 5.10. The highest BCUT2D eigenvalue weighted by Crippen LogP contribution is 2.14. The molecule has 17 heavy (non-hydrogen) atoms. The lowest BCUT2D eigenvalue weighted by molar-refractivity contribution is 0.203. The van der Waals surface area contributed by atoms with Crippen molar-refractivity contribution in [2.75, 3.05) is 13.1 Å². The zero-order chi connectivity index (χ0) is 12.4. The van der Waals surface area contributed by atoms with Gasteiger partial charge in [0.25, 0.3) is 0 Å². The van der Waals surface area contributed by atoms with Crippen molar-refractivity contribution in [1.29, 1.82) is 0 Å². The van der Waals surface area contributed by atoms with Crippen LogP contribution >= 0.6 is 0 Å². The zero-order valence-corrected chi connectivity index (χ0v) is 11.0. The topological polar surface area (TPSA) is 55.0 Å². The van der Waals surface area contributed by atoms with E-state index in [0.29, 0.717) is 6.04 Å². The molecule has 0 aliphatic carbocycles. The summed E-state index contributed by atoms with van der Waals surface area (Å²) in [5.74, 6) is 0. The van der Waals surface area contributed by atoms with E-state index in [2.05, 4.69) is 14.9 Å². The third kappa shape index (κ3) is 3.01. The number of nitrogens with zero attached hydrogens (tertiary/aromatic N) is 3. The number of rotatable bonds is 2. The lowest BCUT2D eigenvalue weighted by atomic mass is 10.1. The molecule has 0 amide bonds. The first-order chi connectivity index (χ1) is 8.06. The lowest BCUT2D eigenvalue weighted by Crippen LogP contribution is -2.39. The Bertz CT molecular complexity index is 395. The average molecular weight is 234 g/mol. The van der Waals surface area contributed by atoms with E-state index in [1.54, 1.807) is 0 Å². The van der Waals surface area contributed by atoms with Gasteiger partial charge in [-0.15, -0.1) is 0 Å². The summed E-state index contributed by atoms with van der Waals surface area (Å²) in [4.78, 5) is 11.6. The van der Waals surface area contributed by atoms with Crippen LogP contribution in [0.4, 0.5) is 0 Å². The van der Waals surface area contributed by atoms with E-state index in [1.807, 2.05) is 20.8 Å². The highest BCUT2D eigenvalue weighted by atomic mass is 15.1. The Kier molecular flexibility index (Phi) is 3.74. The van der Waals surface area contributed by atoms with E-state index in [0.717, 1.165) is 55.3 Å². The van der Waals surface area contributed by atoms with Crippen LogP contribution in [-0.4, -0.2) is 34.0 Å². The van der Waals surface area contributed by atoms with Crippen molar-refractivity contribution in [3.63, 3.8) is 0 Å². The molecule has 4 heteroatoms. The number of aryl methyl sites for hydroxylation is 3. The first-order valence-corrected chi connectivity index (χ1v) is 6.35. The fourth-order valence-corrected chi connectivity index (χ4v) is 2.23. The summed E-state index contributed by atoms with van der Waals surface area (Å²) in [6.07, 6.45) is 2.19. The maximum atomic E-state index is 5.91. The van der Waals surface area contributed by atoms with Crippen LogP contribution in [0.25, 0.3) is 0 Å². The lowest BCUT2D eigenvalue weighted by Gasteiger charge is -2.30. The van der Waals surface area contributed by atoms with E-state index in [4.69, 9.17) is 5.73 Å². The standard InChI is InChI=1S/C13H22N4/c1-9-10(2)16-13(11(3)15-9)8-17-6-4-12(14)5-7-17/h12H,4-8,14H2,1-3H3. The van der Waals surface area contributed by atoms with Crippen molar-refractivity contribution in [3.8, 4) is 0 Å². The molecule has 1 aliphatic heterocycles. The third-order valence-corrected chi connectivity index (χ3v) is 3.58. The Morgan fingerprint density at radius 2 is 1.65 bits per heavy atom. The second-order valence-corrected chi connectivity index (χ2v) is 5.04. The van der Waals surface area contributed by atoms with Crippen LogP contribution in [-0.2, 0) is 6.54 Å². The van der Waals surface area contributed by atoms with Gasteiger partial charge in [0.15, 0.2) is 0 Å². The fraction of sp³-hybridized carbons (Fsp3) is 0.692. The van der Waals surface area contributed by atoms with Gasteiger partial charge >= 0.3 is 0 Å². The molecule has 1 aromatic heterocycles. The molecule has 0 atom stereocenters. The van der Waals surface area contributed by atoms with Gasteiger partial charge in [0, 0.05) is 25.7 Å². The van der Waals surface area contributed by atoms with Crippen LogP contribution in [0.2, 0.25) is 0 Å². The van der Waals surface area contributed by atoms with Crippen LogP contribution in [0.1, 0.15) is 35.6 Å². The molecule has 0 aromatic carbocycles. The van der Waals surface area contributed by atoms with Crippen molar-refractivity contribution < 1.29 is 0 Å². The molecule has 1 aliphatic rings. The predicted molar refractivity (Wildman–Crippen MR) is 68.7 cm³/mol. The Hall–Kier alpha value is -1.00. The van der Waals surface area contributed by atoms with Crippen LogP contribution in [0.3, 0.4) is 0 Å². The maximum Gasteiger partial charge on any atom is 0.0759 e. The minimum atomic E-state index is 0.387. The smallest absolute Gasteiger partial charge is 0.0759 e. The molecular weight excluding hydrogens is 212 g/mol. The largest absolute Gasteiger partial charge is 0.328 e. The van der Waals surface area contributed by atoms with Crippen LogP contribution < -0.4 is 5.73 Å². The van der Waals surface area contributed by atoms with Crippen molar-refractivity contribution in [3.05, 3.63) is 22.8 Å². The molecule has 94 valence electrons. The number of hydrogen-bond donors (Lipinski definition) is 1. The second-order valence-electron chi connectivity index (χ2n) is 5.04. The van der Waals surface area contributed by atoms with Gasteiger partial charge in [-0.25, -0.2) is 0 Å². The Morgan fingerprint density at radius 1 is 1.06 bits per heavy atom. The van der Waals surface area contributed by atoms with Crippen LogP contribution in [0.5, 0.6) is 0 Å². The summed E-state index contributed by atoms with van der Waals surface area (Å²) in [7, 11) is 0. The van der Waals surface area contributed by atoms with Gasteiger partial charge in [-0.2, -0.15) is 0 Å². The van der Waals surface area contributed by atoms with Gasteiger partial charge in [0.1, 0.15) is 0 Å². The van der Waals surface area contributed by atoms with E-state index >= 15 is 0 Å². The quantitative estimate of drug-likeness (QED) is 0.838. The van der Waals surface area contributed by atoms with E-state index in [-0.39, 0.29) is 0 Å². The van der Waals surface area contributed by atoms with Gasteiger partial charge < -0.3 is 5.73 Å². The first kappa shape index (κ1) is 12.5. The Labute approximate surface area is 103 Å². The summed E-state index contributed by atoms with van der Waals surface area (Å²) >= 11 is 0. The first-order valence-electron chi connectivity index (χ1n) is 6.35. The van der Waals surface area contributed by atoms with Crippen LogP contribution in [0.15, 0.2) is 0 Å². The Morgan fingerprint density at radius 3 is 2.29 bits per heavy atom. The number of nitrogens with two attached hydrogens (primary N) is 1. The zero-order valence-electron chi connectivity index (χ0n) is 11.0. The van der Waals surface area contributed by atoms with Crippen molar-refractivity contribution >= 4 is 0 Å². The van der Waals surface area contributed by atoms with E-state index < -0.39 is 0 Å². The number of likely N-dealkylation sites (tertiary alicyclic amines) is 1. The molecule has 2 N–H and O–H groups in total. The van der Waals surface area contributed by atoms with E-state index in [9.17, 15) is 0 Å².